The maximum absolute atomic E-state index is 14.0. The molecule has 3 saturated heterocycles. The third-order valence-corrected chi connectivity index (χ3v) is 8.51. The van der Waals surface area contributed by atoms with E-state index in [2.05, 4.69) is 24.1 Å². The molecule has 0 aromatic heterocycles. The highest BCUT2D eigenvalue weighted by atomic mass is 16.2. The van der Waals surface area contributed by atoms with Crippen LogP contribution in [-0.4, -0.2) is 77.5 Å². The summed E-state index contributed by atoms with van der Waals surface area (Å²) in [6.07, 6.45) is 3.98. The number of para-hydroxylation sites is 1. The zero-order valence-corrected chi connectivity index (χ0v) is 22.6. The fraction of sp³-hybridized carbons (Fsp3) is 0.500. The van der Waals surface area contributed by atoms with E-state index >= 15 is 0 Å². The number of hydrogen-bond acceptors (Lipinski definition) is 4. The fourth-order valence-corrected chi connectivity index (χ4v) is 5.99. The summed E-state index contributed by atoms with van der Waals surface area (Å²) in [4.78, 5) is 47.7. The molecule has 5 rings (SSSR count). The lowest BCUT2D eigenvalue weighted by atomic mass is 9.85. The highest BCUT2D eigenvalue weighted by Crippen LogP contribution is 2.39. The van der Waals surface area contributed by atoms with Gasteiger partial charge in [0.1, 0.15) is 12.1 Å². The molecular weight excluding hydrogens is 478 g/mol. The Morgan fingerprint density at radius 3 is 2.34 bits per heavy atom. The van der Waals surface area contributed by atoms with Gasteiger partial charge in [-0.15, -0.1) is 0 Å². The second-order valence-corrected chi connectivity index (χ2v) is 11.0. The molecule has 3 fully saturated rings. The number of benzene rings is 2. The van der Waals surface area contributed by atoms with Crippen molar-refractivity contribution in [2.45, 2.75) is 51.5 Å². The van der Waals surface area contributed by atoms with Crippen LogP contribution in [0.25, 0.3) is 0 Å². The van der Waals surface area contributed by atoms with Crippen LogP contribution < -0.4 is 10.2 Å². The summed E-state index contributed by atoms with van der Waals surface area (Å²) in [5.41, 5.74) is 2.17. The second kappa shape index (κ2) is 11.1. The van der Waals surface area contributed by atoms with E-state index in [1.807, 2.05) is 59.5 Å². The van der Waals surface area contributed by atoms with Crippen LogP contribution in [0.4, 0.5) is 16.2 Å². The number of anilines is 2. The molecule has 8 nitrogen and oxygen atoms in total. The molecule has 3 heterocycles. The number of amides is 4. The van der Waals surface area contributed by atoms with E-state index in [1.54, 1.807) is 9.80 Å². The van der Waals surface area contributed by atoms with Gasteiger partial charge in [0.05, 0.1) is 6.67 Å². The molecule has 38 heavy (non-hydrogen) atoms. The summed E-state index contributed by atoms with van der Waals surface area (Å²) >= 11 is 0. The molecule has 202 valence electrons. The van der Waals surface area contributed by atoms with Crippen molar-refractivity contribution in [3.8, 4) is 0 Å². The minimum atomic E-state index is -0.753. The molecule has 4 amide bonds. The van der Waals surface area contributed by atoms with Gasteiger partial charge < -0.3 is 24.9 Å². The monoisotopic (exact) mass is 517 g/mol. The number of aryl methyl sites for hydroxylation is 1. The van der Waals surface area contributed by atoms with E-state index in [-0.39, 0.29) is 24.4 Å². The number of piperidine rings is 2. The van der Waals surface area contributed by atoms with Crippen LogP contribution in [0.2, 0.25) is 0 Å². The molecule has 3 aliphatic rings. The van der Waals surface area contributed by atoms with Crippen LogP contribution in [0.5, 0.6) is 0 Å². The largest absolute Gasteiger partial charge is 0.341 e. The molecule has 2 aromatic rings. The van der Waals surface area contributed by atoms with E-state index in [0.717, 1.165) is 43.7 Å². The Hall–Kier alpha value is -3.55. The zero-order valence-electron chi connectivity index (χ0n) is 22.6. The number of hydrogen-bond donors (Lipinski definition) is 1. The summed E-state index contributed by atoms with van der Waals surface area (Å²) in [5, 5.41) is 3.02. The Bertz CT molecular complexity index is 1150. The van der Waals surface area contributed by atoms with Crippen LogP contribution in [0.15, 0.2) is 54.6 Å². The third kappa shape index (κ3) is 5.22. The summed E-state index contributed by atoms with van der Waals surface area (Å²) < 4.78 is 0. The molecule has 0 atom stereocenters. The molecule has 3 aliphatic heterocycles. The summed E-state index contributed by atoms with van der Waals surface area (Å²) in [6.45, 7) is 7.28. The van der Waals surface area contributed by atoms with Gasteiger partial charge in [-0.05, 0) is 67.9 Å². The standard InChI is InChI=1S/C30H39N5O3/c1-3-24-8-7-9-25(20-24)31-29(38)33-18-14-30(15-19-33)28(37)34(22-35(30)26-10-5-4-6-11-26)21-27(36)32-16-12-23(2)13-17-32/h4-11,20,23H,3,12-19,21-22H2,1-2H3,(H,31,38). The highest BCUT2D eigenvalue weighted by Gasteiger charge is 2.54. The van der Waals surface area contributed by atoms with Crippen molar-refractivity contribution in [3.63, 3.8) is 0 Å². The van der Waals surface area contributed by atoms with E-state index in [0.29, 0.717) is 38.5 Å². The zero-order chi connectivity index (χ0) is 26.7. The van der Waals surface area contributed by atoms with Gasteiger partial charge in [0, 0.05) is 37.6 Å². The Labute approximate surface area is 225 Å². The van der Waals surface area contributed by atoms with Gasteiger partial charge in [-0.1, -0.05) is 44.2 Å². The van der Waals surface area contributed by atoms with Crippen molar-refractivity contribution in [1.29, 1.82) is 0 Å². The summed E-state index contributed by atoms with van der Waals surface area (Å²) in [7, 11) is 0. The van der Waals surface area contributed by atoms with Crippen LogP contribution >= 0.6 is 0 Å². The quantitative estimate of drug-likeness (QED) is 0.646. The first-order chi connectivity index (χ1) is 18.4. The van der Waals surface area contributed by atoms with E-state index in [4.69, 9.17) is 0 Å². The number of carbonyl (C=O) groups is 3. The molecule has 0 aliphatic carbocycles. The number of rotatable bonds is 5. The van der Waals surface area contributed by atoms with E-state index in [9.17, 15) is 14.4 Å². The van der Waals surface area contributed by atoms with Crippen LogP contribution in [0, 0.1) is 5.92 Å². The number of carbonyl (C=O) groups excluding carboxylic acids is 3. The topological polar surface area (TPSA) is 76.2 Å². The van der Waals surface area contributed by atoms with Crippen molar-refractivity contribution in [1.82, 2.24) is 14.7 Å². The second-order valence-electron chi connectivity index (χ2n) is 11.0. The van der Waals surface area contributed by atoms with Crippen molar-refractivity contribution >= 4 is 29.2 Å². The predicted octanol–water partition coefficient (Wildman–Crippen LogP) is 4.18. The van der Waals surface area contributed by atoms with Gasteiger partial charge in [-0.25, -0.2) is 4.79 Å². The van der Waals surface area contributed by atoms with Crippen LogP contribution in [0.3, 0.4) is 0 Å². The Morgan fingerprint density at radius 1 is 0.947 bits per heavy atom. The molecule has 2 aromatic carbocycles. The average molecular weight is 518 g/mol. The smallest absolute Gasteiger partial charge is 0.321 e. The molecular formula is C30H39N5O3. The predicted molar refractivity (Wildman–Crippen MR) is 149 cm³/mol. The maximum atomic E-state index is 14.0. The Balaban J connectivity index is 1.29. The van der Waals surface area contributed by atoms with Gasteiger partial charge in [0.2, 0.25) is 5.91 Å². The van der Waals surface area contributed by atoms with Crippen molar-refractivity contribution in [2.24, 2.45) is 5.92 Å². The number of nitrogens with zero attached hydrogens (tertiary/aromatic N) is 4. The molecule has 1 N–H and O–H groups in total. The van der Waals surface area contributed by atoms with Gasteiger partial charge >= 0.3 is 6.03 Å². The fourth-order valence-electron chi connectivity index (χ4n) is 5.99. The average Bonchev–Trinajstić information content (AvgIpc) is 3.20. The first kappa shape index (κ1) is 26.1. The van der Waals surface area contributed by atoms with Crippen LogP contribution in [0.1, 0.15) is 45.1 Å². The lowest BCUT2D eigenvalue weighted by molar-refractivity contribution is -0.141. The molecule has 0 bridgehead atoms. The minimum absolute atomic E-state index is 0.00390. The van der Waals surface area contributed by atoms with Crippen molar-refractivity contribution < 1.29 is 14.4 Å². The van der Waals surface area contributed by atoms with E-state index < -0.39 is 5.54 Å². The SMILES string of the molecule is CCc1cccc(NC(=O)N2CCC3(CC2)C(=O)N(CC(=O)N2CCC(C)CC2)CN3c2ccccc2)c1. The van der Waals surface area contributed by atoms with Gasteiger partial charge in [0.15, 0.2) is 0 Å². The number of likely N-dealkylation sites (tertiary alicyclic amines) is 2. The third-order valence-electron chi connectivity index (χ3n) is 8.51. The molecule has 0 saturated carbocycles. The number of nitrogens with one attached hydrogen (secondary N) is 1. The molecule has 0 unspecified atom stereocenters. The molecule has 1 spiro atoms. The van der Waals surface area contributed by atoms with Crippen LogP contribution in [-0.2, 0) is 16.0 Å². The van der Waals surface area contributed by atoms with Gasteiger partial charge in [-0.3, -0.25) is 9.59 Å². The van der Waals surface area contributed by atoms with Crippen molar-refractivity contribution in [2.75, 3.05) is 49.6 Å². The normalized spacial score (nSPS) is 19.8. The maximum Gasteiger partial charge on any atom is 0.321 e. The first-order valence-electron chi connectivity index (χ1n) is 13.9. The van der Waals surface area contributed by atoms with E-state index in [1.165, 1.54) is 5.56 Å². The molecule has 8 heteroatoms. The summed E-state index contributed by atoms with van der Waals surface area (Å²) in [5.74, 6) is 0.666. The van der Waals surface area contributed by atoms with Gasteiger partial charge in [0.25, 0.3) is 5.91 Å². The number of urea groups is 1. The molecule has 0 radical (unpaired) electrons. The Morgan fingerprint density at radius 2 is 1.66 bits per heavy atom. The minimum Gasteiger partial charge on any atom is -0.341 e. The highest BCUT2D eigenvalue weighted by molar-refractivity contribution is 5.97. The lowest BCUT2D eigenvalue weighted by Crippen LogP contribution is -2.58. The first-order valence-corrected chi connectivity index (χ1v) is 13.9. The Kier molecular flexibility index (Phi) is 7.58. The summed E-state index contributed by atoms with van der Waals surface area (Å²) in [6, 6.07) is 17.7. The lowest BCUT2D eigenvalue weighted by Gasteiger charge is -2.43. The van der Waals surface area contributed by atoms with Gasteiger partial charge in [-0.2, -0.15) is 0 Å². The van der Waals surface area contributed by atoms with Crippen molar-refractivity contribution in [3.05, 3.63) is 60.2 Å².